The van der Waals surface area contributed by atoms with Crippen molar-refractivity contribution in [3.05, 3.63) is 90.3 Å². The second-order valence-corrected chi connectivity index (χ2v) is 13.8. The predicted molar refractivity (Wildman–Crippen MR) is 206 cm³/mol. The summed E-state index contributed by atoms with van der Waals surface area (Å²) in [7, 11) is 1.84. The molecule has 16 nitrogen and oxygen atoms in total. The predicted octanol–water partition coefficient (Wildman–Crippen LogP) is 3.85. The first kappa shape index (κ1) is 39.2. The van der Waals surface area contributed by atoms with Crippen LogP contribution in [0.5, 0.6) is 0 Å². The van der Waals surface area contributed by atoms with Gasteiger partial charge in [0, 0.05) is 37.7 Å². The summed E-state index contributed by atoms with van der Waals surface area (Å²) in [6.45, 7) is 9.29. The molecule has 2 aromatic heterocycles. The lowest BCUT2D eigenvalue weighted by Crippen LogP contribution is -2.43. The number of rotatable bonds is 17. The summed E-state index contributed by atoms with van der Waals surface area (Å²) >= 11 is 0. The van der Waals surface area contributed by atoms with Crippen molar-refractivity contribution in [1.82, 2.24) is 35.7 Å². The molecule has 54 heavy (non-hydrogen) atoms. The molecule has 1 aliphatic heterocycles. The summed E-state index contributed by atoms with van der Waals surface area (Å²) in [6.07, 6.45) is 6.61. The zero-order valence-electron chi connectivity index (χ0n) is 30.7. The number of aromatic nitrogens is 4. The van der Waals surface area contributed by atoms with Gasteiger partial charge in [-0.25, -0.2) is 20.2 Å². The van der Waals surface area contributed by atoms with Crippen LogP contribution in [-0.4, -0.2) is 78.8 Å². The van der Waals surface area contributed by atoms with E-state index in [-0.39, 0.29) is 41.8 Å². The molecule has 3 heterocycles. The number of hydrogen-bond donors (Lipinski definition) is 5. The maximum absolute atomic E-state index is 13.0. The molecule has 0 saturated carbocycles. The van der Waals surface area contributed by atoms with Crippen LogP contribution in [0.25, 0.3) is 11.2 Å². The van der Waals surface area contributed by atoms with Gasteiger partial charge in [-0.2, -0.15) is 20.1 Å². The number of anilines is 3. The molecule has 1 saturated heterocycles. The third-order valence-electron chi connectivity index (χ3n) is 9.02. The second kappa shape index (κ2) is 17.7. The van der Waals surface area contributed by atoms with Gasteiger partial charge in [-0.3, -0.25) is 14.4 Å². The van der Waals surface area contributed by atoms with Gasteiger partial charge in [0.05, 0.1) is 30.2 Å². The number of fused-ring (bicyclic) bond motifs is 1. The summed E-state index contributed by atoms with van der Waals surface area (Å²) in [5.41, 5.74) is 17.1. The molecule has 16 heteroatoms. The molecule has 4 aromatic rings. The second-order valence-electron chi connectivity index (χ2n) is 13.8. The molecule has 3 atom stereocenters. The Morgan fingerprint density at radius 1 is 1.13 bits per heavy atom. The van der Waals surface area contributed by atoms with E-state index in [1.165, 1.54) is 0 Å². The number of nitrogens with one attached hydrogen (secondary N) is 2. The highest BCUT2D eigenvalue weighted by atomic mass is 16.7. The Balaban J connectivity index is 1.12. The van der Waals surface area contributed by atoms with Crippen LogP contribution in [0.2, 0.25) is 0 Å². The van der Waals surface area contributed by atoms with Crippen LogP contribution < -0.4 is 27.1 Å². The lowest BCUT2D eigenvalue weighted by atomic mass is 9.81. The van der Waals surface area contributed by atoms with Crippen LogP contribution in [0.1, 0.15) is 67.6 Å². The van der Waals surface area contributed by atoms with Crippen molar-refractivity contribution in [3.8, 4) is 0 Å². The van der Waals surface area contributed by atoms with Gasteiger partial charge in [-0.05, 0) is 55.0 Å². The number of carbonyl (C=O) groups excluding carboxylic acids is 2. The Labute approximate surface area is 313 Å². The molecule has 7 N–H and O–H groups in total. The van der Waals surface area contributed by atoms with Crippen molar-refractivity contribution in [1.29, 1.82) is 0 Å². The van der Waals surface area contributed by atoms with Gasteiger partial charge in [-0.1, -0.05) is 50.3 Å². The van der Waals surface area contributed by atoms with Gasteiger partial charge in [0.1, 0.15) is 12.1 Å². The van der Waals surface area contributed by atoms with Gasteiger partial charge in [0.15, 0.2) is 17.0 Å². The first-order valence-corrected chi connectivity index (χ1v) is 17.7. The van der Waals surface area contributed by atoms with Gasteiger partial charge in [0.2, 0.25) is 11.9 Å². The van der Waals surface area contributed by atoms with Crippen molar-refractivity contribution < 1.29 is 24.3 Å². The maximum atomic E-state index is 13.0. The van der Waals surface area contributed by atoms with Crippen LogP contribution in [-0.2, 0) is 27.5 Å². The minimum Gasteiger partial charge on any atom is -0.480 e. The zero-order valence-corrected chi connectivity index (χ0v) is 30.7. The van der Waals surface area contributed by atoms with E-state index in [1.807, 2.05) is 41.3 Å². The average Bonchev–Trinajstić information content (AvgIpc) is 3.45. The van der Waals surface area contributed by atoms with Crippen molar-refractivity contribution in [2.24, 2.45) is 11.0 Å². The molecule has 5 rings (SSSR count). The molecule has 0 aliphatic carbocycles. The highest BCUT2D eigenvalue weighted by molar-refractivity contribution is 5.97. The highest BCUT2D eigenvalue weighted by Gasteiger charge is 2.46. The molecule has 2 amide bonds. The summed E-state index contributed by atoms with van der Waals surface area (Å²) in [5.74, 6) is -1.79. The maximum Gasteiger partial charge on any atom is 0.326 e. The Morgan fingerprint density at radius 2 is 1.87 bits per heavy atom. The number of aliphatic carboxylic acids is 1. The van der Waals surface area contributed by atoms with E-state index < -0.39 is 23.8 Å². The minimum absolute atomic E-state index is 0.0129. The van der Waals surface area contributed by atoms with Crippen molar-refractivity contribution in [2.75, 3.05) is 23.4 Å². The van der Waals surface area contributed by atoms with Gasteiger partial charge >= 0.3 is 5.97 Å². The van der Waals surface area contributed by atoms with Crippen LogP contribution in [0, 0.1) is 5.92 Å². The smallest absolute Gasteiger partial charge is 0.326 e. The Morgan fingerprint density at radius 3 is 2.56 bits per heavy atom. The Bertz CT molecular complexity index is 1980. The summed E-state index contributed by atoms with van der Waals surface area (Å²) in [4.78, 5) is 62.7. The zero-order chi connectivity index (χ0) is 38.8. The third kappa shape index (κ3) is 10.1. The van der Waals surface area contributed by atoms with E-state index in [0.29, 0.717) is 42.3 Å². The topological polar surface area (TPSA) is 227 Å². The van der Waals surface area contributed by atoms with E-state index in [1.54, 1.807) is 36.7 Å². The van der Waals surface area contributed by atoms with Crippen LogP contribution in [0.3, 0.4) is 0 Å². The van der Waals surface area contributed by atoms with E-state index in [4.69, 9.17) is 16.3 Å². The average molecular weight is 738 g/mol. The summed E-state index contributed by atoms with van der Waals surface area (Å²) in [5, 5.41) is 18.5. The number of amides is 2. The number of nitrogens with two attached hydrogens (primary N) is 2. The number of hydrazone groups is 1. The van der Waals surface area contributed by atoms with Gasteiger partial charge in [0.25, 0.3) is 5.91 Å². The third-order valence-corrected chi connectivity index (χ3v) is 9.02. The first-order valence-electron chi connectivity index (χ1n) is 17.7. The number of nitrogens with zero attached hydrogens (tertiary/aromatic N) is 7. The van der Waals surface area contributed by atoms with Gasteiger partial charge in [-0.15, -0.1) is 6.58 Å². The molecule has 1 fully saturated rings. The monoisotopic (exact) mass is 737 g/mol. The van der Waals surface area contributed by atoms with Crippen molar-refractivity contribution in [3.63, 3.8) is 0 Å². The minimum atomic E-state index is -1.30. The van der Waals surface area contributed by atoms with Crippen molar-refractivity contribution in [2.45, 2.75) is 76.7 Å². The lowest BCUT2D eigenvalue weighted by Gasteiger charge is -2.37. The number of carboxylic acids is 1. The number of carbonyl (C=O) groups is 3. The van der Waals surface area contributed by atoms with E-state index in [2.05, 4.69) is 68.3 Å². The fourth-order valence-corrected chi connectivity index (χ4v) is 6.59. The fourth-order valence-electron chi connectivity index (χ4n) is 6.59. The first-order chi connectivity index (χ1) is 25.9. The number of nitrogen functional groups attached to an aromatic ring is 2. The SMILES string of the molecule is C=CC[C@@]1(CC(C)C)CC(/C=N/NC(=O)CC[C@H](NC(=O)c2ccc(N(C)Cc3cnc4nc(N)nc(N)c4n3)cc2)C(=O)O)ON1Cc1ccccc1. The lowest BCUT2D eigenvalue weighted by molar-refractivity contribution is -0.185. The molecule has 0 radical (unpaired) electrons. The Hall–Kier alpha value is -6.00. The molecule has 0 spiro atoms. The molecule has 1 aliphatic rings. The van der Waals surface area contributed by atoms with E-state index >= 15 is 0 Å². The number of hydrogen-bond acceptors (Lipinski definition) is 13. The molecule has 284 valence electrons. The van der Waals surface area contributed by atoms with Crippen LogP contribution in [0.4, 0.5) is 17.5 Å². The normalized spacial score (nSPS) is 17.8. The quantitative estimate of drug-likeness (QED) is 0.0590. The molecule has 0 bridgehead atoms. The molecule has 1 unspecified atom stereocenters. The highest BCUT2D eigenvalue weighted by Crippen LogP contribution is 2.40. The summed E-state index contributed by atoms with van der Waals surface area (Å²) < 4.78 is 0. The number of carboxylic acid groups (broad SMARTS) is 1. The van der Waals surface area contributed by atoms with Gasteiger partial charge < -0.3 is 26.8 Å². The van der Waals surface area contributed by atoms with Crippen LogP contribution >= 0.6 is 0 Å². The van der Waals surface area contributed by atoms with Crippen molar-refractivity contribution >= 4 is 52.6 Å². The molecule has 2 aromatic carbocycles. The Kier molecular flexibility index (Phi) is 12.8. The largest absolute Gasteiger partial charge is 0.480 e. The number of benzene rings is 2. The van der Waals surface area contributed by atoms with Crippen LogP contribution in [0.15, 0.2) is 78.6 Å². The van der Waals surface area contributed by atoms with E-state index in [0.717, 1.165) is 24.1 Å². The van der Waals surface area contributed by atoms with E-state index in [9.17, 15) is 19.5 Å². The fraction of sp³-hybridized carbons (Fsp3) is 0.368. The molecular weight excluding hydrogens is 690 g/mol. The number of hydroxylamine groups is 2. The molecular formula is C38H47N11O5. The standard InChI is InChI=1S/C38H47N11O5/c1-5-17-38(18-24(2)3)19-29(54-49(38)22-25-9-7-6-8-10-25)21-42-47-31(50)16-15-30(36(52)53)44-35(51)26-11-13-28(14-12-26)48(4)23-27-20-41-34-32(43-27)33(39)45-37(40)46-34/h5-14,20-21,24,29-30H,1,15-19,22-23H2,2-4H3,(H,44,51)(H,47,50)(H,52,53)(H4,39,40,41,45,46)/b42-21+/t29?,30-,38+/m0/s1. The summed E-state index contributed by atoms with van der Waals surface area (Å²) in [6, 6.07) is 15.4.